The van der Waals surface area contributed by atoms with E-state index < -0.39 is 29.2 Å². The van der Waals surface area contributed by atoms with Crippen LogP contribution in [-0.2, 0) is 36.7 Å². The molecule has 4 atom stereocenters. The molecule has 346 valence electrons. The van der Waals surface area contributed by atoms with Crippen molar-refractivity contribution in [1.29, 1.82) is 0 Å². The Labute approximate surface area is 361 Å². The lowest BCUT2D eigenvalue weighted by Gasteiger charge is -2.26. The second-order valence-electron chi connectivity index (χ2n) is 12.7. The van der Waals surface area contributed by atoms with Crippen LogP contribution >= 0.6 is 0 Å². The van der Waals surface area contributed by atoms with Gasteiger partial charge in [0.2, 0.25) is 18.7 Å². The number of benzene rings is 1. The van der Waals surface area contributed by atoms with Crippen LogP contribution in [0.3, 0.4) is 0 Å². The first-order valence-electron chi connectivity index (χ1n) is 21.7. The summed E-state index contributed by atoms with van der Waals surface area (Å²) in [5, 5.41) is 14.3. The maximum Gasteiger partial charge on any atom is 0.408 e. The van der Waals surface area contributed by atoms with E-state index in [0.717, 1.165) is 62.8 Å². The first-order chi connectivity index (χ1) is 28.2. The predicted molar refractivity (Wildman–Crippen MR) is 247 cm³/mol. The van der Waals surface area contributed by atoms with Gasteiger partial charge in [-0.25, -0.2) is 13.8 Å². The summed E-state index contributed by atoms with van der Waals surface area (Å²) in [5.74, 6) is 0.712. The van der Waals surface area contributed by atoms with Crippen LogP contribution in [0.4, 0.5) is 15.3 Å². The van der Waals surface area contributed by atoms with Crippen LogP contribution < -0.4 is 21.1 Å². The van der Waals surface area contributed by atoms with E-state index in [9.17, 15) is 28.2 Å². The lowest BCUT2D eigenvalue weighted by Crippen LogP contribution is -2.49. The fourth-order valence-electron chi connectivity index (χ4n) is 4.41. The molecule has 2 aliphatic carbocycles. The number of nitrogens with two attached hydrogens (primary N) is 1. The third kappa shape index (κ3) is 39.1. The van der Waals surface area contributed by atoms with Gasteiger partial charge < -0.3 is 36.0 Å². The van der Waals surface area contributed by atoms with Gasteiger partial charge in [0.05, 0.1) is 11.4 Å². The third-order valence-electron chi connectivity index (χ3n) is 7.63. The number of amides is 5. The van der Waals surface area contributed by atoms with Gasteiger partial charge in [0.15, 0.2) is 0 Å². The molecule has 0 heterocycles. The number of hydrogen-bond acceptors (Lipinski definition) is 8. The van der Waals surface area contributed by atoms with Gasteiger partial charge in [-0.3, -0.25) is 19.1 Å². The summed E-state index contributed by atoms with van der Waals surface area (Å²) in [7, 11) is 0.448. The largest absolute Gasteiger partial charge is 0.465 e. The highest BCUT2D eigenvalue weighted by atomic mass is 32.2. The number of nitrogens with one attached hydrogen (secondary N) is 3. The Balaban J connectivity index is -0.000000226. The van der Waals surface area contributed by atoms with Crippen molar-refractivity contribution in [1.82, 2.24) is 25.2 Å². The van der Waals surface area contributed by atoms with Gasteiger partial charge in [-0.05, 0) is 89.3 Å². The summed E-state index contributed by atoms with van der Waals surface area (Å²) in [6.07, 6.45) is 10.2. The monoisotopic (exact) mass is 859 g/mol. The minimum Gasteiger partial charge on any atom is -0.465 e. The molecular weight excluding hydrogens is 773 g/mol. The number of rotatable bonds is 19. The molecule has 1 aromatic rings. The Morgan fingerprint density at radius 3 is 1.88 bits per heavy atom. The average Bonchev–Trinajstić information content (AvgIpc) is 4.19. The van der Waals surface area contributed by atoms with Crippen molar-refractivity contribution in [2.24, 2.45) is 5.92 Å². The van der Waals surface area contributed by atoms with E-state index in [1.54, 1.807) is 30.9 Å². The van der Waals surface area contributed by atoms with Crippen molar-refractivity contribution in [3.05, 3.63) is 42.5 Å². The van der Waals surface area contributed by atoms with Crippen molar-refractivity contribution in [2.45, 2.75) is 178 Å². The molecule has 0 radical (unpaired) electrons. The van der Waals surface area contributed by atoms with E-state index >= 15 is 0 Å². The minimum atomic E-state index is -1.08. The molecule has 59 heavy (non-hydrogen) atoms. The van der Waals surface area contributed by atoms with Crippen molar-refractivity contribution in [3.63, 3.8) is 0 Å². The van der Waals surface area contributed by atoms with Crippen molar-refractivity contribution in [3.8, 4) is 0 Å². The van der Waals surface area contributed by atoms with Gasteiger partial charge in [0.1, 0.15) is 17.0 Å². The Kier molecular flexibility index (Phi) is 48.8. The zero-order chi connectivity index (χ0) is 46.8. The SMILES string of the molecule is C=CCCCCC[C@H](NC(=O)OC(C)C)C(=O)N(CC)CCC.CC.CC.CC.CC.CN(Cc1ccc(N)cc1)C(=O)O.C[C@@H]1CC1NC=O.O=CNS(=O)C1CC1. The number of unbranched alkanes of at least 4 members (excludes halogenated alkanes) is 3. The Hall–Kier alpha value is -4.14. The van der Waals surface area contributed by atoms with Crippen LogP contribution in [0.5, 0.6) is 0 Å². The topological polar surface area (TPSA) is 200 Å². The molecule has 5 amide bonds. The minimum absolute atomic E-state index is 0.0150. The second kappa shape index (κ2) is 45.0. The van der Waals surface area contributed by atoms with Gasteiger partial charge in [0, 0.05) is 38.4 Å². The molecule has 2 saturated carbocycles. The summed E-state index contributed by atoms with van der Waals surface area (Å²) < 4.78 is 17.9. The summed E-state index contributed by atoms with van der Waals surface area (Å²) in [5.41, 5.74) is 7.10. The summed E-state index contributed by atoms with van der Waals surface area (Å²) in [6, 6.07) is 7.13. The molecule has 0 bridgehead atoms. The smallest absolute Gasteiger partial charge is 0.408 e. The molecule has 2 aliphatic rings. The van der Waals surface area contributed by atoms with Gasteiger partial charge in [0.25, 0.3) is 0 Å². The van der Waals surface area contributed by atoms with E-state index in [1.165, 1.54) is 18.4 Å². The predicted octanol–water partition coefficient (Wildman–Crippen LogP) is 9.07. The lowest BCUT2D eigenvalue weighted by molar-refractivity contribution is -0.133. The number of anilines is 1. The molecule has 0 spiro atoms. The molecule has 0 saturated heterocycles. The van der Waals surface area contributed by atoms with Crippen molar-refractivity contribution in [2.75, 3.05) is 25.9 Å². The summed E-state index contributed by atoms with van der Waals surface area (Å²) in [6.45, 7) is 31.2. The lowest BCUT2D eigenvalue weighted by atomic mass is 10.1. The highest BCUT2D eigenvalue weighted by Crippen LogP contribution is 2.28. The van der Waals surface area contributed by atoms with Crippen molar-refractivity contribution >= 4 is 47.6 Å². The number of carbonyl (C=O) groups is 5. The maximum atomic E-state index is 12.6. The first kappa shape index (κ1) is 64.0. The molecule has 6 N–H and O–H groups in total. The van der Waals surface area contributed by atoms with E-state index in [-0.39, 0.29) is 17.3 Å². The van der Waals surface area contributed by atoms with E-state index in [2.05, 4.69) is 28.9 Å². The Morgan fingerprint density at radius 2 is 1.51 bits per heavy atom. The molecule has 2 fully saturated rings. The zero-order valence-corrected chi connectivity index (χ0v) is 40.1. The number of ether oxygens (including phenoxy) is 1. The standard InChI is InChI=1S/C18H34N2O3.C9H12N2O2.C5H9NO.C4H7NO2S.4C2H6/c1-6-9-10-11-12-13-16(19-18(22)23-15(4)5)17(21)20(8-3)14-7-2;1-11(9(12)13)6-7-2-4-8(10)5-3-7;1-4-2-5(4)6-3-7;6-3-5-8(7)4-1-2-4;4*1-2/h6,15-16H,1,7-14H2,2-5H3,(H,19,22);2-5H,6,10H2,1H3,(H,12,13);3-5H,2H2,1H3,(H,6,7);3-4H,1-2H2,(H,5,6);4*1-2H3/t16-;;4-,5?;;;;;/m0.1...../s1. The molecule has 3 rings (SSSR count). The quantitative estimate of drug-likeness (QED) is 0.0390. The molecule has 14 nitrogen and oxygen atoms in total. The molecular formula is C44H86N6O8S. The average molecular weight is 859 g/mol. The molecule has 2 unspecified atom stereocenters. The Morgan fingerprint density at radius 1 is 0.966 bits per heavy atom. The summed E-state index contributed by atoms with van der Waals surface area (Å²) >= 11 is 0. The molecule has 1 aromatic carbocycles. The number of allylic oxidation sites excluding steroid dienone is 1. The van der Waals surface area contributed by atoms with Gasteiger partial charge in [-0.15, -0.1) is 6.58 Å². The number of nitrogen functional groups attached to an aromatic ring is 1. The number of likely N-dealkylation sites (N-methyl/N-ethyl adjacent to an activating group) is 1. The number of alkyl carbamates (subject to hydrolysis) is 1. The van der Waals surface area contributed by atoms with Crippen LogP contribution in [0.2, 0.25) is 0 Å². The third-order valence-corrected chi connectivity index (χ3v) is 9.04. The van der Waals surface area contributed by atoms with E-state index in [4.69, 9.17) is 15.6 Å². The van der Waals surface area contributed by atoms with Gasteiger partial charge in [-0.2, -0.15) is 0 Å². The molecule has 0 aliphatic heterocycles. The van der Waals surface area contributed by atoms with Crippen LogP contribution in [0.15, 0.2) is 36.9 Å². The fraction of sp³-hybridized carbons (Fsp3) is 0.705. The molecule has 0 aromatic heterocycles. The highest BCUT2D eigenvalue weighted by Gasteiger charge is 2.31. The zero-order valence-electron chi connectivity index (χ0n) is 39.3. The normalized spacial score (nSPS) is 14.6. The van der Waals surface area contributed by atoms with Crippen LogP contribution in [0.1, 0.15) is 153 Å². The number of nitrogens with zero attached hydrogens (tertiary/aromatic N) is 2. The van der Waals surface area contributed by atoms with Crippen LogP contribution in [0.25, 0.3) is 0 Å². The first-order valence-corrected chi connectivity index (χ1v) is 22.9. The number of carboxylic acid groups (broad SMARTS) is 1. The van der Waals surface area contributed by atoms with Crippen LogP contribution in [0, 0.1) is 5.92 Å². The fourth-order valence-corrected chi connectivity index (χ4v) is 5.26. The highest BCUT2D eigenvalue weighted by molar-refractivity contribution is 7.84. The van der Waals surface area contributed by atoms with Gasteiger partial charge in [-0.1, -0.05) is 100 Å². The number of hydrogen-bond donors (Lipinski definition) is 5. The maximum absolute atomic E-state index is 12.6. The van der Waals surface area contributed by atoms with Gasteiger partial charge >= 0.3 is 12.2 Å². The Bertz CT molecular complexity index is 1200. The summed E-state index contributed by atoms with van der Waals surface area (Å²) in [4.78, 5) is 57.3. The van der Waals surface area contributed by atoms with E-state index in [1.807, 2.05) is 87.4 Å². The second-order valence-corrected chi connectivity index (χ2v) is 14.2. The van der Waals surface area contributed by atoms with E-state index in [0.29, 0.717) is 44.2 Å². The van der Waals surface area contributed by atoms with Crippen molar-refractivity contribution < 1.29 is 38.0 Å². The van der Waals surface area contributed by atoms with Crippen LogP contribution in [-0.4, -0.2) is 93.6 Å². The molecule has 15 heteroatoms. The number of carbonyl (C=O) groups excluding carboxylic acids is 4.